The lowest BCUT2D eigenvalue weighted by Gasteiger charge is -2.32. The Hall–Kier alpha value is -1.11. The molecule has 112 valence electrons. The van der Waals surface area contributed by atoms with Crippen molar-refractivity contribution in [2.24, 2.45) is 0 Å². The molecule has 1 saturated heterocycles. The molecule has 2 rings (SSSR count). The predicted molar refractivity (Wildman–Crippen MR) is 81.6 cm³/mol. The average Bonchev–Trinajstić information content (AvgIpc) is 2.37. The lowest BCUT2D eigenvalue weighted by Crippen LogP contribution is -2.45. The van der Waals surface area contributed by atoms with Gasteiger partial charge in [-0.15, -0.1) is 0 Å². The van der Waals surface area contributed by atoms with Crippen molar-refractivity contribution in [2.75, 3.05) is 51.3 Å². The molecule has 1 heterocycles. The van der Waals surface area contributed by atoms with Crippen LogP contribution in [-0.2, 0) is 9.84 Å². The van der Waals surface area contributed by atoms with Crippen LogP contribution in [0.2, 0.25) is 0 Å². The first-order chi connectivity index (χ1) is 9.38. The van der Waals surface area contributed by atoms with Crippen molar-refractivity contribution in [3.05, 3.63) is 23.8 Å². The minimum Gasteiger partial charge on any atom is -0.399 e. The number of hydrogen-bond acceptors (Lipinski definition) is 5. The highest BCUT2D eigenvalue weighted by atomic mass is 32.2. The Morgan fingerprint density at radius 2 is 1.85 bits per heavy atom. The van der Waals surface area contributed by atoms with Crippen LogP contribution in [0.5, 0.6) is 0 Å². The number of aryl methyl sites for hydroxylation is 1. The molecule has 1 fully saturated rings. The molecule has 20 heavy (non-hydrogen) atoms. The second kappa shape index (κ2) is 6.11. The smallest absolute Gasteiger partial charge is 0.179 e. The monoisotopic (exact) mass is 297 g/mol. The Labute approximate surface area is 121 Å². The number of nitrogen functional groups attached to an aromatic ring is 1. The number of anilines is 1. The molecule has 0 aromatic heterocycles. The van der Waals surface area contributed by atoms with Crippen LogP contribution in [0.15, 0.2) is 23.1 Å². The number of hydrogen-bond donors (Lipinski definition) is 1. The molecule has 0 saturated carbocycles. The summed E-state index contributed by atoms with van der Waals surface area (Å²) < 4.78 is 24.8. The number of rotatable bonds is 4. The minimum atomic E-state index is -3.23. The second-order valence-electron chi connectivity index (χ2n) is 5.49. The van der Waals surface area contributed by atoms with Gasteiger partial charge in [0, 0.05) is 38.4 Å². The van der Waals surface area contributed by atoms with E-state index in [0.717, 1.165) is 31.7 Å². The van der Waals surface area contributed by atoms with Crippen LogP contribution in [0.1, 0.15) is 5.56 Å². The number of nitrogens with zero attached hydrogens (tertiary/aromatic N) is 2. The summed E-state index contributed by atoms with van der Waals surface area (Å²) in [7, 11) is -1.14. The summed E-state index contributed by atoms with van der Waals surface area (Å²) in [4.78, 5) is 4.88. The van der Waals surface area contributed by atoms with Crippen LogP contribution >= 0.6 is 0 Å². The molecule has 1 aromatic rings. The molecule has 0 spiro atoms. The SMILES string of the molecule is Cc1cc(N)ccc1S(=O)(=O)CCN1CCN(C)CC1. The number of likely N-dealkylation sites (N-methyl/N-ethyl adjacent to an activating group) is 1. The van der Waals surface area contributed by atoms with E-state index in [-0.39, 0.29) is 5.75 Å². The summed E-state index contributed by atoms with van der Waals surface area (Å²) in [5, 5.41) is 0. The zero-order valence-corrected chi connectivity index (χ0v) is 13.0. The van der Waals surface area contributed by atoms with Crippen LogP contribution in [-0.4, -0.2) is 63.7 Å². The zero-order chi connectivity index (χ0) is 14.8. The van der Waals surface area contributed by atoms with Gasteiger partial charge in [0.05, 0.1) is 10.6 Å². The van der Waals surface area contributed by atoms with Gasteiger partial charge in [0.2, 0.25) is 0 Å². The predicted octanol–water partition coefficient (Wildman–Crippen LogP) is 0.598. The van der Waals surface area contributed by atoms with Gasteiger partial charge in [0.15, 0.2) is 9.84 Å². The van der Waals surface area contributed by atoms with Gasteiger partial charge in [-0.1, -0.05) is 0 Å². The van der Waals surface area contributed by atoms with Gasteiger partial charge in [0.25, 0.3) is 0 Å². The molecule has 1 aliphatic rings. The van der Waals surface area contributed by atoms with Gasteiger partial charge in [-0.25, -0.2) is 8.42 Å². The highest BCUT2D eigenvalue weighted by Crippen LogP contribution is 2.19. The van der Waals surface area contributed by atoms with Crippen molar-refractivity contribution in [3.8, 4) is 0 Å². The fourth-order valence-electron chi connectivity index (χ4n) is 2.45. The first-order valence-electron chi connectivity index (χ1n) is 6.88. The summed E-state index contributed by atoms with van der Waals surface area (Å²) in [5.74, 6) is 0.168. The molecule has 1 aliphatic heterocycles. The first kappa shape index (κ1) is 15.3. The third-order valence-electron chi connectivity index (χ3n) is 3.81. The van der Waals surface area contributed by atoms with E-state index in [1.165, 1.54) is 0 Å². The van der Waals surface area contributed by atoms with Crippen molar-refractivity contribution in [3.63, 3.8) is 0 Å². The standard InChI is InChI=1S/C14H23N3O2S/c1-12-11-13(15)3-4-14(12)20(18,19)10-9-17-7-5-16(2)6-8-17/h3-4,11H,5-10,15H2,1-2H3. The lowest BCUT2D eigenvalue weighted by atomic mass is 10.2. The van der Waals surface area contributed by atoms with Gasteiger partial charge < -0.3 is 10.6 Å². The molecule has 5 nitrogen and oxygen atoms in total. The largest absolute Gasteiger partial charge is 0.399 e. The van der Waals surface area contributed by atoms with E-state index in [9.17, 15) is 8.42 Å². The van der Waals surface area contributed by atoms with Gasteiger partial charge in [-0.2, -0.15) is 0 Å². The molecule has 0 unspecified atom stereocenters. The summed E-state index contributed by atoms with van der Waals surface area (Å²) in [5.41, 5.74) is 6.99. The number of nitrogens with two attached hydrogens (primary N) is 1. The molecule has 0 radical (unpaired) electrons. The van der Waals surface area contributed by atoms with Gasteiger partial charge in [-0.05, 0) is 37.7 Å². The van der Waals surface area contributed by atoms with Crippen molar-refractivity contribution < 1.29 is 8.42 Å². The van der Waals surface area contributed by atoms with Crippen LogP contribution in [0.25, 0.3) is 0 Å². The van der Waals surface area contributed by atoms with E-state index in [0.29, 0.717) is 17.1 Å². The van der Waals surface area contributed by atoms with E-state index in [1.54, 1.807) is 25.1 Å². The Morgan fingerprint density at radius 3 is 2.45 bits per heavy atom. The normalized spacial score (nSPS) is 18.3. The minimum absolute atomic E-state index is 0.168. The zero-order valence-electron chi connectivity index (χ0n) is 12.2. The number of piperazine rings is 1. The molecule has 6 heteroatoms. The molecule has 0 atom stereocenters. The van der Waals surface area contributed by atoms with Gasteiger partial charge in [0.1, 0.15) is 0 Å². The molecular weight excluding hydrogens is 274 g/mol. The Bertz CT molecular complexity index is 564. The van der Waals surface area contributed by atoms with Crippen LogP contribution in [0, 0.1) is 6.92 Å². The van der Waals surface area contributed by atoms with E-state index in [1.807, 2.05) is 0 Å². The lowest BCUT2D eigenvalue weighted by molar-refractivity contribution is 0.161. The Morgan fingerprint density at radius 1 is 1.20 bits per heavy atom. The van der Waals surface area contributed by atoms with Crippen molar-refractivity contribution >= 4 is 15.5 Å². The molecule has 0 aliphatic carbocycles. The Kier molecular flexibility index (Phi) is 4.67. The maximum atomic E-state index is 12.4. The third kappa shape index (κ3) is 3.71. The highest BCUT2D eigenvalue weighted by Gasteiger charge is 2.20. The van der Waals surface area contributed by atoms with E-state index >= 15 is 0 Å². The Balaban J connectivity index is 2.00. The summed E-state index contributed by atoms with van der Waals surface area (Å²) in [6.07, 6.45) is 0. The summed E-state index contributed by atoms with van der Waals surface area (Å²) >= 11 is 0. The fourth-order valence-corrected chi connectivity index (χ4v) is 4.00. The van der Waals surface area contributed by atoms with E-state index < -0.39 is 9.84 Å². The van der Waals surface area contributed by atoms with Crippen LogP contribution in [0.4, 0.5) is 5.69 Å². The third-order valence-corrected chi connectivity index (χ3v) is 5.65. The van der Waals surface area contributed by atoms with Gasteiger partial charge >= 0.3 is 0 Å². The van der Waals surface area contributed by atoms with Crippen molar-refractivity contribution in [2.45, 2.75) is 11.8 Å². The average molecular weight is 297 g/mol. The molecular formula is C14H23N3O2S. The summed E-state index contributed by atoms with van der Waals surface area (Å²) in [6, 6.07) is 4.97. The maximum absolute atomic E-state index is 12.4. The topological polar surface area (TPSA) is 66.6 Å². The fraction of sp³-hybridized carbons (Fsp3) is 0.571. The molecule has 0 amide bonds. The van der Waals surface area contributed by atoms with Crippen LogP contribution < -0.4 is 5.73 Å². The molecule has 2 N–H and O–H groups in total. The van der Waals surface area contributed by atoms with E-state index in [2.05, 4.69) is 16.8 Å². The number of sulfone groups is 1. The van der Waals surface area contributed by atoms with Crippen molar-refractivity contribution in [1.29, 1.82) is 0 Å². The quantitative estimate of drug-likeness (QED) is 0.824. The summed E-state index contributed by atoms with van der Waals surface area (Å²) in [6.45, 7) is 6.26. The maximum Gasteiger partial charge on any atom is 0.179 e. The second-order valence-corrected chi connectivity index (χ2v) is 7.57. The van der Waals surface area contributed by atoms with Crippen LogP contribution in [0.3, 0.4) is 0 Å². The molecule has 0 bridgehead atoms. The van der Waals surface area contributed by atoms with Gasteiger partial charge in [-0.3, -0.25) is 4.90 Å². The van der Waals surface area contributed by atoms with E-state index in [4.69, 9.17) is 5.73 Å². The highest BCUT2D eigenvalue weighted by molar-refractivity contribution is 7.91. The number of benzene rings is 1. The first-order valence-corrected chi connectivity index (χ1v) is 8.53. The van der Waals surface area contributed by atoms with Crippen molar-refractivity contribution in [1.82, 2.24) is 9.80 Å². The molecule has 1 aromatic carbocycles.